The molecule has 4 nitrogen and oxygen atoms in total. The Hall–Kier alpha value is -1.32. The average Bonchev–Trinajstić information content (AvgIpc) is 2.80. The highest BCUT2D eigenvalue weighted by Gasteiger charge is 2.24. The van der Waals surface area contributed by atoms with Gasteiger partial charge >= 0.3 is 0 Å². The highest BCUT2D eigenvalue weighted by Crippen LogP contribution is 2.27. The summed E-state index contributed by atoms with van der Waals surface area (Å²) in [5, 5.41) is 8.19. The summed E-state index contributed by atoms with van der Waals surface area (Å²) in [5.41, 5.74) is 5.59. The van der Waals surface area contributed by atoms with Crippen molar-refractivity contribution in [2.24, 2.45) is 5.92 Å². The lowest BCUT2D eigenvalue weighted by atomic mass is 10.1. The molecule has 0 aliphatic heterocycles. The first-order valence-corrected chi connectivity index (χ1v) is 6.52. The summed E-state index contributed by atoms with van der Waals surface area (Å²) in [4.78, 5) is 2.41. The third kappa shape index (κ3) is 3.08. The Balaban J connectivity index is 2.16. The number of hydrogen-bond acceptors (Lipinski definition) is 4. The van der Waals surface area contributed by atoms with Crippen LogP contribution in [-0.4, -0.2) is 22.8 Å². The molecule has 94 valence electrons. The van der Waals surface area contributed by atoms with Crippen molar-refractivity contribution < 1.29 is 0 Å². The van der Waals surface area contributed by atoms with E-state index in [1.165, 1.54) is 25.7 Å². The molecule has 0 saturated heterocycles. The van der Waals surface area contributed by atoms with Gasteiger partial charge in [-0.15, -0.1) is 10.2 Å². The van der Waals surface area contributed by atoms with E-state index in [-0.39, 0.29) is 0 Å². The van der Waals surface area contributed by atoms with Crippen LogP contribution in [0.1, 0.15) is 39.5 Å². The number of nitrogen functional groups attached to an aromatic ring is 1. The quantitative estimate of drug-likeness (QED) is 0.869. The van der Waals surface area contributed by atoms with Crippen molar-refractivity contribution in [2.75, 3.05) is 17.2 Å². The molecule has 1 fully saturated rings. The van der Waals surface area contributed by atoms with E-state index in [9.17, 15) is 0 Å². The summed E-state index contributed by atoms with van der Waals surface area (Å²) in [5.74, 6) is 2.10. The molecule has 1 aromatic rings. The molecule has 1 aliphatic carbocycles. The highest BCUT2D eigenvalue weighted by molar-refractivity contribution is 5.42. The molecule has 0 spiro atoms. The fourth-order valence-corrected chi connectivity index (χ4v) is 2.53. The van der Waals surface area contributed by atoms with E-state index in [2.05, 4.69) is 28.9 Å². The fourth-order valence-electron chi connectivity index (χ4n) is 2.53. The van der Waals surface area contributed by atoms with Crippen LogP contribution in [0.2, 0.25) is 0 Å². The minimum absolute atomic E-state index is 0.490. The van der Waals surface area contributed by atoms with Gasteiger partial charge in [-0.05, 0) is 30.9 Å². The third-order valence-corrected chi connectivity index (χ3v) is 3.29. The van der Waals surface area contributed by atoms with Gasteiger partial charge < -0.3 is 10.6 Å². The van der Waals surface area contributed by atoms with Crippen molar-refractivity contribution >= 4 is 11.6 Å². The summed E-state index contributed by atoms with van der Waals surface area (Å²) >= 11 is 0. The van der Waals surface area contributed by atoms with Gasteiger partial charge in [-0.2, -0.15) is 0 Å². The predicted octanol–water partition coefficient (Wildman–Crippen LogP) is 2.46. The third-order valence-electron chi connectivity index (χ3n) is 3.29. The highest BCUT2D eigenvalue weighted by atomic mass is 15.3. The van der Waals surface area contributed by atoms with Crippen molar-refractivity contribution in [3.05, 3.63) is 12.1 Å². The molecule has 2 N–H and O–H groups in total. The first-order chi connectivity index (χ1) is 8.16. The molecule has 2 rings (SSSR count). The minimum atomic E-state index is 0.490. The second kappa shape index (κ2) is 5.34. The van der Waals surface area contributed by atoms with Crippen LogP contribution in [0.5, 0.6) is 0 Å². The summed E-state index contributed by atoms with van der Waals surface area (Å²) in [6.45, 7) is 5.53. The Bertz CT molecular complexity index is 341. The zero-order chi connectivity index (χ0) is 12.3. The molecule has 0 radical (unpaired) electrons. The molecule has 0 aromatic carbocycles. The van der Waals surface area contributed by atoms with Crippen LogP contribution in [0, 0.1) is 5.92 Å². The molecule has 0 bridgehead atoms. The lowest BCUT2D eigenvalue weighted by Gasteiger charge is -2.31. The Labute approximate surface area is 103 Å². The minimum Gasteiger partial charge on any atom is -0.382 e. The smallest absolute Gasteiger partial charge is 0.151 e. The molecule has 1 heterocycles. The molecular weight excluding hydrogens is 212 g/mol. The second-order valence-corrected chi connectivity index (χ2v) is 5.30. The number of nitrogens with two attached hydrogens (primary N) is 1. The van der Waals surface area contributed by atoms with Gasteiger partial charge in [-0.3, -0.25) is 0 Å². The first-order valence-electron chi connectivity index (χ1n) is 6.52. The van der Waals surface area contributed by atoms with E-state index in [4.69, 9.17) is 5.73 Å². The number of nitrogens with zero attached hydrogens (tertiary/aromatic N) is 3. The SMILES string of the molecule is CC(C)CN(c1ccc(N)nn1)C1CCCC1. The topological polar surface area (TPSA) is 55.0 Å². The van der Waals surface area contributed by atoms with Crippen molar-refractivity contribution in [2.45, 2.75) is 45.6 Å². The van der Waals surface area contributed by atoms with Crippen LogP contribution in [0.3, 0.4) is 0 Å². The maximum absolute atomic E-state index is 5.59. The van der Waals surface area contributed by atoms with Crippen molar-refractivity contribution in [1.82, 2.24) is 10.2 Å². The Morgan fingerprint density at radius 2 is 2.00 bits per heavy atom. The van der Waals surface area contributed by atoms with E-state index in [1.807, 2.05) is 12.1 Å². The zero-order valence-electron chi connectivity index (χ0n) is 10.8. The predicted molar refractivity (Wildman–Crippen MR) is 70.9 cm³/mol. The molecule has 0 amide bonds. The van der Waals surface area contributed by atoms with E-state index < -0.39 is 0 Å². The van der Waals surface area contributed by atoms with Gasteiger partial charge in [0.15, 0.2) is 5.82 Å². The molecule has 1 aromatic heterocycles. The van der Waals surface area contributed by atoms with Gasteiger partial charge in [-0.25, -0.2) is 0 Å². The van der Waals surface area contributed by atoms with Crippen LogP contribution < -0.4 is 10.6 Å². The van der Waals surface area contributed by atoms with E-state index >= 15 is 0 Å². The van der Waals surface area contributed by atoms with Crippen molar-refractivity contribution in [3.63, 3.8) is 0 Å². The van der Waals surface area contributed by atoms with E-state index in [1.54, 1.807) is 0 Å². The standard InChI is InChI=1S/C13H22N4/c1-10(2)9-17(11-5-3-4-6-11)13-8-7-12(14)15-16-13/h7-8,10-11H,3-6,9H2,1-2H3,(H2,14,15). The summed E-state index contributed by atoms with van der Waals surface area (Å²) in [7, 11) is 0. The van der Waals surface area contributed by atoms with Gasteiger partial charge in [0.25, 0.3) is 0 Å². The summed E-state index contributed by atoms with van der Waals surface area (Å²) < 4.78 is 0. The maximum atomic E-state index is 5.59. The Kier molecular flexibility index (Phi) is 3.82. The lowest BCUT2D eigenvalue weighted by molar-refractivity contribution is 0.529. The maximum Gasteiger partial charge on any atom is 0.151 e. The van der Waals surface area contributed by atoms with Gasteiger partial charge in [0.1, 0.15) is 5.82 Å². The summed E-state index contributed by atoms with van der Waals surface area (Å²) in [6, 6.07) is 4.46. The number of anilines is 2. The van der Waals surface area contributed by atoms with Crippen LogP contribution in [0.4, 0.5) is 11.6 Å². The molecule has 17 heavy (non-hydrogen) atoms. The molecule has 1 saturated carbocycles. The zero-order valence-corrected chi connectivity index (χ0v) is 10.8. The van der Waals surface area contributed by atoms with Gasteiger partial charge in [0.2, 0.25) is 0 Å². The van der Waals surface area contributed by atoms with E-state index in [0.29, 0.717) is 17.8 Å². The Morgan fingerprint density at radius 1 is 1.29 bits per heavy atom. The van der Waals surface area contributed by atoms with Crippen LogP contribution in [0.15, 0.2) is 12.1 Å². The van der Waals surface area contributed by atoms with Gasteiger partial charge in [-0.1, -0.05) is 26.7 Å². The van der Waals surface area contributed by atoms with Crippen LogP contribution >= 0.6 is 0 Å². The second-order valence-electron chi connectivity index (χ2n) is 5.30. The van der Waals surface area contributed by atoms with Crippen LogP contribution in [0.25, 0.3) is 0 Å². The number of rotatable bonds is 4. The molecular formula is C13H22N4. The average molecular weight is 234 g/mol. The Morgan fingerprint density at radius 3 is 2.53 bits per heavy atom. The van der Waals surface area contributed by atoms with Crippen LogP contribution in [-0.2, 0) is 0 Å². The molecule has 1 aliphatic rings. The van der Waals surface area contributed by atoms with Crippen molar-refractivity contribution in [1.29, 1.82) is 0 Å². The summed E-state index contributed by atoms with van der Waals surface area (Å²) in [6.07, 6.45) is 5.22. The largest absolute Gasteiger partial charge is 0.382 e. The fraction of sp³-hybridized carbons (Fsp3) is 0.692. The van der Waals surface area contributed by atoms with Crippen molar-refractivity contribution in [3.8, 4) is 0 Å². The van der Waals surface area contributed by atoms with Gasteiger partial charge in [0.05, 0.1) is 0 Å². The molecule has 0 unspecified atom stereocenters. The van der Waals surface area contributed by atoms with Gasteiger partial charge in [0, 0.05) is 12.6 Å². The van der Waals surface area contributed by atoms with E-state index in [0.717, 1.165) is 12.4 Å². The molecule has 4 heteroatoms. The lowest BCUT2D eigenvalue weighted by Crippen LogP contribution is -2.37. The first kappa shape index (κ1) is 12.1. The normalized spacial score (nSPS) is 16.6. The number of aromatic nitrogens is 2. The molecule has 0 atom stereocenters. The number of hydrogen-bond donors (Lipinski definition) is 1. The monoisotopic (exact) mass is 234 g/mol.